The maximum absolute atomic E-state index is 12.2. The van der Waals surface area contributed by atoms with Crippen molar-refractivity contribution in [1.82, 2.24) is 0 Å². The summed E-state index contributed by atoms with van der Waals surface area (Å²) in [6, 6.07) is 11.7. The molecule has 0 aromatic heterocycles. The van der Waals surface area contributed by atoms with E-state index in [1.807, 2.05) is 6.07 Å². The highest BCUT2D eigenvalue weighted by atomic mass is 32.2. The minimum Gasteiger partial charge on any atom is -0.383 e. The molecule has 2 aromatic carbocycles. The normalized spacial score (nSPS) is 13.3. The van der Waals surface area contributed by atoms with E-state index in [0.29, 0.717) is 22.6 Å². The van der Waals surface area contributed by atoms with Gasteiger partial charge in [-0.15, -0.1) is 0 Å². The van der Waals surface area contributed by atoms with Gasteiger partial charge >= 0.3 is 10.1 Å². The number of para-hydroxylation sites is 1. The van der Waals surface area contributed by atoms with Crippen LogP contribution < -0.4 is 14.8 Å². The molecule has 7 heteroatoms. The smallest absolute Gasteiger partial charge is 0.306 e. The second kappa shape index (κ2) is 4.78. The molecule has 0 aliphatic carbocycles. The summed E-state index contributed by atoms with van der Waals surface area (Å²) in [4.78, 5) is 12.2. The highest BCUT2D eigenvalue weighted by Gasteiger charge is 2.19. The minimum atomic E-state index is -3.61. The van der Waals surface area contributed by atoms with Gasteiger partial charge in [0.15, 0.2) is 0 Å². The fourth-order valence-corrected chi connectivity index (χ4v) is 2.54. The summed E-state index contributed by atoms with van der Waals surface area (Å²) in [5.41, 5.74) is 2.32. The molecule has 3 rings (SSSR count). The second-order valence-electron chi connectivity index (χ2n) is 4.62. The summed E-state index contributed by atoms with van der Waals surface area (Å²) >= 11 is 0. The van der Waals surface area contributed by atoms with Crippen molar-refractivity contribution in [3.05, 3.63) is 48.0 Å². The highest BCUT2D eigenvalue weighted by Crippen LogP contribution is 2.34. The van der Waals surface area contributed by atoms with Crippen LogP contribution in [0.2, 0.25) is 0 Å². The van der Waals surface area contributed by atoms with E-state index in [1.165, 1.54) is 12.1 Å². The van der Waals surface area contributed by atoms with Crippen molar-refractivity contribution in [1.29, 1.82) is 0 Å². The van der Waals surface area contributed by atoms with Gasteiger partial charge in [-0.3, -0.25) is 4.79 Å². The molecule has 2 aromatic rings. The Morgan fingerprint density at radius 1 is 0.952 bits per heavy atom. The number of hydrogen-bond donors (Lipinski definition) is 2. The number of hydrogen-bond acceptors (Lipinski definition) is 5. The number of nitrogens with one attached hydrogen (secondary N) is 2. The fourth-order valence-electron chi connectivity index (χ4n) is 2.09. The maximum Gasteiger partial charge on any atom is 0.306 e. The fraction of sp³-hybridized carbons (Fsp3) is 0.0714. The lowest BCUT2D eigenvalue weighted by Crippen LogP contribution is -2.11. The standard InChI is InChI=1S/C14H12N2O4S/c1-21(18,19)20-9-6-7-12-13(8-9)16-14(17)10-4-2-3-5-11(10)15-12/h2-8,15H,1H3,(H,16,17). The largest absolute Gasteiger partial charge is 0.383 e. The summed E-state index contributed by atoms with van der Waals surface area (Å²) in [6.45, 7) is 0. The van der Waals surface area contributed by atoms with Gasteiger partial charge in [-0.2, -0.15) is 8.42 Å². The lowest BCUT2D eigenvalue weighted by molar-refractivity contribution is 0.102. The third kappa shape index (κ3) is 2.82. The zero-order valence-electron chi connectivity index (χ0n) is 11.1. The third-order valence-corrected chi connectivity index (χ3v) is 3.42. The molecule has 0 bridgehead atoms. The minimum absolute atomic E-state index is 0.143. The van der Waals surface area contributed by atoms with Gasteiger partial charge in [0.2, 0.25) is 0 Å². The van der Waals surface area contributed by atoms with E-state index in [2.05, 4.69) is 10.6 Å². The zero-order chi connectivity index (χ0) is 15.0. The van der Waals surface area contributed by atoms with Crippen molar-refractivity contribution in [2.75, 3.05) is 16.9 Å². The van der Waals surface area contributed by atoms with E-state index in [4.69, 9.17) is 4.18 Å². The van der Waals surface area contributed by atoms with Crippen molar-refractivity contribution in [3.63, 3.8) is 0 Å². The number of carbonyl (C=O) groups excluding carboxylic acids is 1. The number of amides is 1. The van der Waals surface area contributed by atoms with Crippen LogP contribution in [0.1, 0.15) is 10.4 Å². The lowest BCUT2D eigenvalue weighted by atomic mass is 10.1. The van der Waals surface area contributed by atoms with Gasteiger partial charge in [0.1, 0.15) is 5.75 Å². The summed E-state index contributed by atoms with van der Waals surface area (Å²) in [5, 5.41) is 5.86. The van der Waals surface area contributed by atoms with Crippen molar-refractivity contribution in [3.8, 4) is 5.75 Å². The van der Waals surface area contributed by atoms with Crippen LogP contribution >= 0.6 is 0 Å². The van der Waals surface area contributed by atoms with Crippen molar-refractivity contribution < 1.29 is 17.4 Å². The first-order valence-electron chi connectivity index (χ1n) is 6.13. The predicted octanol–water partition coefficient (Wildman–Crippen LogP) is 2.33. The Labute approximate surface area is 121 Å². The molecular formula is C14H12N2O4S. The van der Waals surface area contributed by atoms with Gasteiger partial charge < -0.3 is 14.8 Å². The van der Waals surface area contributed by atoms with Gasteiger partial charge in [0, 0.05) is 6.07 Å². The first-order valence-corrected chi connectivity index (χ1v) is 7.95. The van der Waals surface area contributed by atoms with E-state index >= 15 is 0 Å². The third-order valence-electron chi connectivity index (χ3n) is 2.93. The first kappa shape index (κ1) is 13.4. The molecule has 6 nitrogen and oxygen atoms in total. The second-order valence-corrected chi connectivity index (χ2v) is 6.19. The Hall–Kier alpha value is -2.54. The molecule has 21 heavy (non-hydrogen) atoms. The van der Waals surface area contributed by atoms with Crippen molar-refractivity contribution >= 4 is 33.1 Å². The Morgan fingerprint density at radius 3 is 2.48 bits per heavy atom. The number of carbonyl (C=O) groups is 1. The van der Waals surface area contributed by atoms with Gasteiger partial charge in [-0.25, -0.2) is 0 Å². The highest BCUT2D eigenvalue weighted by molar-refractivity contribution is 7.86. The molecule has 1 amide bonds. The molecule has 0 saturated carbocycles. The van der Waals surface area contributed by atoms with E-state index < -0.39 is 10.1 Å². The molecule has 0 fully saturated rings. The van der Waals surface area contributed by atoms with Crippen LogP contribution in [0, 0.1) is 0 Å². The van der Waals surface area contributed by atoms with Crippen molar-refractivity contribution in [2.24, 2.45) is 0 Å². The topological polar surface area (TPSA) is 84.5 Å². The summed E-state index contributed by atoms with van der Waals surface area (Å²) in [7, 11) is -3.61. The SMILES string of the molecule is CS(=O)(=O)Oc1ccc2c(c1)NC(=O)c1ccccc1N2. The number of rotatable bonds is 2. The Morgan fingerprint density at radius 2 is 1.71 bits per heavy atom. The number of benzene rings is 2. The van der Waals surface area contributed by atoms with E-state index in [9.17, 15) is 13.2 Å². The molecule has 1 aliphatic rings. The Bertz CT molecular complexity index is 831. The Balaban J connectivity index is 2.02. The van der Waals surface area contributed by atoms with E-state index in [1.54, 1.807) is 24.3 Å². The monoisotopic (exact) mass is 304 g/mol. The molecule has 0 radical (unpaired) electrons. The van der Waals surface area contributed by atoms with Crippen LogP contribution in [0.15, 0.2) is 42.5 Å². The van der Waals surface area contributed by atoms with Crippen LogP contribution in [-0.4, -0.2) is 20.6 Å². The predicted molar refractivity (Wildman–Crippen MR) is 79.6 cm³/mol. The molecule has 1 aliphatic heterocycles. The van der Waals surface area contributed by atoms with Gasteiger partial charge in [0.25, 0.3) is 5.91 Å². The molecule has 0 saturated heterocycles. The molecule has 0 spiro atoms. The summed E-state index contributed by atoms with van der Waals surface area (Å²) in [5.74, 6) is -0.127. The average molecular weight is 304 g/mol. The molecule has 0 unspecified atom stereocenters. The average Bonchev–Trinajstić information content (AvgIpc) is 2.53. The molecule has 0 atom stereocenters. The van der Waals surface area contributed by atoms with Crippen LogP contribution in [-0.2, 0) is 10.1 Å². The summed E-state index contributed by atoms with van der Waals surface area (Å²) in [6.07, 6.45) is 0.964. The molecule has 1 heterocycles. The number of fused-ring (bicyclic) bond motifs is 2. The Kier molecular flexibility index (Phi) is 3.06. The zero-order valence-corrected chi connectivity index (χ0v) is 11.9. The van der Waals surface area contributed by atoms with Gasteiger partial charge in [-0.05, 0) is 24.3 Å². The van der Waals surface area contributed by atoms with Crippen LogP contribution in [0.5, 0.6) is 5.75 Å². The van der Waals surface area contributed by atoms with Crippen LogP contribution in [0.4, 0.5) is 17.1 Å². The first-order chi connectivity index (χ1) is 9.92. The molecule has 2 N–H and O–H groups in total. The van der Waals surface area contributed by atoms with E-state index in [-0.39, 0.29) is 11.7 Å². The number of anilines is 3. The van der Waals surface area contributed by atoms with Crippen LogP contribution in [0.3, 0.4) is 0 Å². The van der Waals surface area contributed by atoms with Gasteiger partial charge in [-0.1, -0.05) is 12.1 Å². The lowest BCUT2D eigenvalue weighted by Gasteiger charge is -2.10. The van der Waals surface area contributed by atoms with E-state index in [0.717, 1.165) is 6.26 Å². The summed E-state index contributed by atoms with van der Waals surface area (Å²) < 4.78 is 27.1. The van der Waals surface area contributed by atoms with Crippen LogP contribution in [0.25, 0.3) is 0 Å². The molecular weight excluding hydrogens is 292 g/mol. The van der Waals surface area contributed by atoms with Gasteiger partial charge in [0.05, 0.1) is 28.9 Å². The van der Waals surface area contributed by atoms with Crippen molar-refractivity contribution in [2.45, 2.75) is 0 Å². The molecule has 108 valence electrons. The maximum atomic E-state index is 12.2. The quantitative estimate of drug-likeness (QED) is 0.832.